The van der Waals surface area contributed by atoms with Crippen molar-refractivity contribution in [3.05, 3.63) is 0 Å². The van der Waals surface area contributed by atoms with Crippen molar-refractivity contribution >= 4 is 0 Å². The molecule has 0 aliphatic carbocycles. The first-order valence-corrected chi connectivity index (χ1v) is 3.29. The fourth-order valence-electron chi connectivity index (χ4n) is 1.03. The Labute approximate surface area is 49.4 Å². The maximum atomic E-state index is 5.07. The second-order valence-corrected chi connectivity index (χ2v) is 2.61. The quantitative estimate of drug-likeness (QED) is 0.472. The lowest BCUT2D eigenvalue weighted by Crippen LogP contribution is -2.39. The van der Waals surface area contributed by atoms with E-state index in [0.29, 0.717) is 6.10 Å². The van der Waals surface area contributed by atoms with Crippen LogP contribution in [0.2, 0.25) is 0 Å². The van der Waals surface area contributed by atoms with Gasteiger partial charge in [0.15, 0.2) is 0 Å². The number of ether oxygens (including phenoxy) is 1. The summed E-state index contributed by atoms with van der Waals surface area (Å²) in [4.78, 5) is 2.44. The van der Waals surface area contributed by atoms with Crippen LogP contribution < -0.4 is 0 Å². The molecule has 0 aromatic carbocycles. The molecule has 2 aliphatic rings. The van der Waals surface area contributed by atoms with E-state index in [9.17, 15) is 0 Å². The molecule has 2 rings (SSSR count). The lowest BCUT2D eigenvalue weighted by Gasteiger charge is -2.29. The number of hydrogen-bond acceptors (Lipinski definition) is 2. The molecular formula is C6H11NO. The van der Waals surface area contributed by atoms with Gasteiger partial charge >= 0.3 is 0 Å². The second-order valence-electron chi connectivity index (χ2n) is 2.61. The van der Waals surface area contributed by atoms with Gasteiger partial charge in [-0.3, -0.25) is 0 Å². The predicted molar refractivity (Wildman–Crippen MR) is 30.8 cm³/mol. The first kappa shape index (κ1) is 4.77. The van der Waals surface area contributed by atoms with Crippen molar-refractivity contribution in [1.29, 1.82) is 0 Å². The summed E-state index contributed by atoms with van der Waals surface area (Å²) in [5, 5.41) is 0. The molecule has 2 heterocycles. The lowest BCUT2D eigenvalue weighted by atomic mass is 10.2. The monoisotopic (exact) mass is 113 g/mol. The largest absolute Gasteiger partial charge is 0.372 e. The number of nitrogens with zero attached hydrogens (tertiary/aromatic N) is 1. The van der Waals surface area contributed by atoms with E-state index < -0.39 is 0 Å². The standard InChI is InChI=1S/C6H11NO/c1-2-7(3-1)4-6-5-8-6/h6H,1-5H2. The summed E-state index contributed by atoms with van der Waals surface area (Å²) < 4.78 is 5.07. The Morgan fingerprint density at radius 3 is 2.62 bits per heavy atom. The molecule has 1 atom stereocenters. The normalized spacial score (nSPS) is 36.8. The van der Waals surface area contributed by atoms with Gasteiger partial charge in [-0.15, -0.1) is 0 Å². The van der Waals surface area contributed by atoms with Crippen LogP contribution in [0, 0.1) is 0 Å². The van der Waals surface area contributed by atoms with E-state index in [0.717, 1.165) is 6.61 Å². The van der Waals surface area contributed by atoms with E-state index in [2.05, 4.69) is 4.90 Å². The van der Waals surface area contributed by atoms with E-state index in [1.165, 1.54) is 26.1 Å². The molecule has 0 N–H and O–H groups in total. The van der Waals surface area contributed by atoms with Gasteiger partial charge in [0.05, 0.1) is 12.7 Å². The van der Waals surface area contributed by atoms with Crippen LogP contribution in [0.15, 0.2) is 0 Å². The summed E-state index contributed by atoms with van der Waals surface area (Å²) in [5.41, 5.74) is 0. The Bertz CT molecular complexity index is 86.5. The number of rotatable bonds is 2. The molecule has 2 nitrogen and oxygen atoms in total. The van der Waals surface area contributed by atoms with Crippen molar-refractivity contribution < 1.29 is 4.74 Å². The molecule has 2 saturated heterocycles. The average Bonchev–Trinajstić information content (AvgIpc) is 2.36. The lowest BCUT2D eigenvalue weighted by molar-refractivity contribution is 0.164. The molecule has 0 spiro atoms. The van der Waals surface area contributed by atoms with Gasteiger partial charge in [-0.25, -0.2) is 0 Å². The molecule has 0 saturated carbocycles. The first-order chi connectivity index (χ1) is 3.95. The van der Waals surface area contributed by atoms with E-state index in [4.69, 9.17) is 4.74 Å². The van der Waals surface area contributed by atoms with E-state index in [1.54, 1.807) is 0 Å². The summed E-state index contributed by atoms with van der Waals surface area (Å²) in [6.07, 6.45) is 2.00. The molecule has 1 unspecified atom stereocenters. The summed E-state index contributed by atoms with van der Waals surface area (Å²) >= 11 is 0. The molecular weight excluding hydrogens is 102 g/mol. The molecule has 0 aromatic heterocycles. The van der Waals surface area contributed by atoms with Crippen LogP contribution >= 0.6 is 0 Å². The van der Waals surface area contributed by atoms with Crippen molar-refractivity contribution in [3.8, 4) is 0 Å². The van der Waals surface area contributed by atoms with Gasteiger partial charge in [0.2, 0.25) is 0 Å². The van der Waals surface area contributed by atoms with Crippen molar-refractivity contribution in [2.24, 2.45) is 0 Å². The maximum Gasteiger partial charge on any atom is 0.0936 e. The van der Waals surface area contributed by atoms with Crippen molar-refractivity contribution in [2.45, 2.75) is 12.5 Å². The van der Waals surface area contributed by atoms with Crippen LogP contribution in [0.25, 0.3) is 0 Å². The van der Waals surface area contributed by atoms with Gasteiger partial charge in [0.25, 0.3) is 0 Å². The molecule has 0 amide bonds. The highest BCUT2D eigenvalue weighted by Crippen LogP contribution is 2.14. The van der Waals surface area contributed by atoms with Crippen LogP contribution in [0.4, 0.5) is 0 Å². The Balaban J connectivity index is 1.66. The molecule has 8 heavy (non-hydrogen) atoms. The fraction of sp³-hybridized carbons (Fsp3) is 1.00. The SMILES string of the molecule is C1CN(CC2CO2)C1. The minimum Gasteiger partial charge on any atom is -0.372 e. The van der Waals surface area contributed by atoms with Gasteiger partial charge in [0, 0.05) is 6.54 Å². The van der Waals surface area contributed by atoms with Crippen molar-refractivity contribution in [2.75, 3.05) is 26.2 Å². The summed E-state index contributed by atoms with van der Waals surface area (Å²) in [5.74, 6) is 0. The third-order valence-corrected chi connectivity index (χ3v) is 1.81. The van der Waals surface area contributed by atoms with Gasteiger partial charge in [-0.2, -0.15) is 0 Å². The minimum absolute atomic E-state index is 0.607. The van der Waals surface area contributed by atoms with Crippen LogP contribution in [-0.4, -0.2) is 37.2 Å². The number of epoxide rings is 1. The van der Waals surface area contributed by atoms with Gasteiger partial charge in [-0.05, 0) is 19.5 Å². The Morgan fingerprint density at radius 2 is 2.25 bits per heavy atom. The van der Waals surface area contributed by atoms with E-state index in [1.807, 2.05) is 0 Å². The van der Waals surface area contributed by atoms with Crippen molar-refractivity contribution in [1.82, 2.24) is 4.90 Å². The Kier molecular flexibility index (Phi) is 1.02. The topological polar surface area (TPSA) is 15.8 Å². The third-order valence-electron chi connectivity index (χ3n) is 1.81. The van der Waals surface area contributed by atoms with E-state index in [-0.39, 0.29) is 0 Å². The summed E-state index contributed by atoms with van der Waals surface area (Å²) in [7, 11) is 0. The minimum atomic E-state index is 0.607. The molecule has 2 aliphatic heterocycles. The summed E-state index contributed by atoms with van der Waals surface area (Å²) in [6.45, 7) is 4.82. The zero-order valence-electron chi connectivity index (χ0n) is 4.97. The highest BCUT2D eigenvalue weighted by atomic mass is 16.6. The maximum absolute atomic E-state index is 5.07. The molecule has 2 fully saturated rings. The molecule has 0 bridgehead atoms. The summed E-state index contributed by atoms with van der Waals surface area (Å²) in [6, 6.07) is 0. The molecule has 0 aromatic rings. The zero-order valence-corrected chi connectivity index (χ0v) is 4.97. The molecule has 2 heteroatoms. The third kappa shape index (κ3) is 0.858. The van der Waals surface area contributed by atoms with Gasteiger partial charge < -0.3 is 9.64 Å². The van der Waals surface area contributed by atoms with Gasteiger partial charge in [-0.1, -0.05) is 0 Å². The predicted octanol–water partition coefficient (Wildman–Crippen LogP) is 0.0909. The first-order valence-electron chi connectivity index (χ1n) is 3.29. The molecule has 46 valence electrons. The Hall–Kier alpha value is -0.0800. The fourth-order valence-corrected chi connectivity index (χ4v) is 1.03. The smallest absolute Gasteiger partial charge is 0.0936 e. The van der Waals surface area contributed by atoms with Crippen LogP contribution in [-0.2, 0) is 4.74 Å². The van der Waals surface area contributed by atoms with Crippen LogP contribution in [0.3, 0.4) is 0 Å². The van der Waals surface area contributed by atoms with Gasteiger partial charge in [0.1, 0.15) is 0 Å². The van der Waals surface area contributed by atoms with Crippen LogP contribution in [0.1, 0.15) is 6.42 Å². The zero-order chi connectivity index (χ0) is 5.40. The Morgan fingerprint density at radius 1 is 1.50 bits per heavy atom. The highest BCUT2D eigenvalue weighted by Gasteiger charge is 2.27. The number of likely N-dealkylation sites (tertiary alicyclic amines) is 1. The molecule has 0 radical (unpaired) electrons. The van der Waals surface area contributed by atoms with Crippen molar-refractivity contribution in [3.63, 3.8) is 0 Å². The highest BCUT2D eigenvalue weighted by molar-refractivity contribution is 4.78. The average molecular weight is 113 g/mol. The second kappa shape index (κ2) is 1.71. The number of hydrogen-bond donors (Lipinski definition) is 0. The van der Waals surface area contributed by atoms with E-state index >= 15 is 0 Å². The van der Waals surface area contributed by atoms with Crippen LogP contribution in [0.5, 0.6) is 0 Å².